The summed E-state index contributed by atoms with van der Waals surface area (Å²) in [6.07, 6.45) is -0.000694. The zero-order chi connectivity index (χ0) is 11.5. The van der Waals surface area contributed by atoms with Crippen LogP contribution in [0.4, 0.5) is 4.39 Å². The average Bonchev–Trinajstić information content (AvgIpc) is 2.32. The van der Waals surface area contributed by atoms with Crippen LogP contribution >= 0.6 is 11.8 Å². The van der Waals surface area contributed by atoms with Crippen molar-refractivity contribution in [3.63, 3.8) is 0 Å². The Morgan fingerprint density at radius 2 is 2.38 bits per heavy atom. The highest BCUT2D eigenvalue weighted by atomic mass is 32.2. The van der Waals surface area contributed by atoms with Crippen LogP contribution in [0.1, 0.15) is 17.2 Å². The molecule has 1 aliphatic heterocycles. The van der Waals surface area contributed by atoms with Crippen LogP contribution in [0.5, 0.6) is 0 Å². The lowest BCUT2D eigenvalue weighted by Gasteiger charge is -2.28. The smallest absolute Gasteiger partial charge is 0.123 e. The fraction of sp³-hybridized carbons (Fsp3) is 0.500. The number of hydrogen-bond donors (Lipinski definition) is 1. The van der Waals surface area contributed by atoms with Gasteiger partial charge in [0.05, 0.1) is 18.8 Å². The Hall–Kier alpha value is -0.580. The summed E-state index contributed by atoms with van der Waals surface area (Å²) in [5, 5.41) is 0. The Bertz CT molecular complexity index is 366. The first-order valence-corrected chi connectivity index (χ1v) is 6.55. The molecule has 0 radical (unpaired) electrons. The lowest BCUT2D eigenvalue weighted by molar-refractivity contribution is 0.0567. The first-order valence-electron chi connectivity index (χ1n) is 5.39. The number of halogens is 1. The number of thioether (sulfide) groups is 1. The molecule has 1 aromatic carbocycles. The van der Waals surface area contributed by atoms with Gasteiger partial charge in [0.1, 0.15) is 5.82 Å². The second-order valence-corrected chi connectivity index (χ2v) is 5.16. The summed E-state index contributed by atoms with van der Waals surface area (Å²) < 4.78 is 18.8. The lowest BCUT2D eigenvalue weighted by Crippen LogP contribution is -2.35. The summed E-state index contributed by atoms with van der Waals surface area (Å²) in [5.41, 5.74) is 8.01. The van der Waals surface area contributed by atoms with Crippen molar-refractivity contribution in [1.29, 1.82) is 0 Å². The predicted molar refractivity (Wildman–Crippen MR) is 65.1 cm³/mol. The van der Waals surface area contributed by atoms with Crippen LogP contribution in [0, 0.1) is 12.7 Å². The van der Waals surface area contributed by atoms with E-state index in [9.17, 15) is 4.39 Å². The molecule has 16 heavy (non-hydrogen) atoms. The Balaban J connectivity index is 2.18. The summed E-state index contributed by atoms with van der Waals surface area (Å²) in [4.78, 5) is 0. The summed E-state index contributed by atoms with van der Waals surface area (Å²) in [6, 6.07) is 4.51. The highest BCUT2D eigenvalue weighted by Crippen LogP contribution is 2.26. The molecule has 2 rings (SSSR count). The van der Waals surface area contributed by atoms with Crippen molar-refractivity contribution in [2.45, 2.75) is 19.1 Å². The first kappa shape index (κ1) is 11.9. The molecule has 0 aromatic heterocycles. The Morgan fingerprint density at radius 1 is 1.56 bits per heavy atom. The van der Waals surface area contributed by atoms with Crippen molar-refractivity contribution in [3.8, 4) is 0 Å². The van der Waals surface area contributed by atoms with E-state index < -0.39 is 0 Å². The fourth-order valence-electron chi connectivity index (χ4n) is 1.88. The van der Waals surface area contributed by atoms with Gasteiger partial charge in [-0.15, -0.1) is 0 Å². The van der Waals surface area contributed by atoms with Gasteiger partial charge >= 0.3 is 0 Å². The minimum atomic E-state index is -0.237. The van der Waals surface area contributed by atoms with E-state index in [0.717, 1.165) is 29.2 Å². The maximum Gasteiger partial charge on any atom is 0.123 e. The van der Waals surface area contributed by atoms with E-state index in [1.807, 2.05) is 18.7 Å². The van der Waals surface area contributed by atoms with E-state index in [4.69, 9.17) is 10.5 Å². The summed E-state index contributed by atoms with van der Waals surface area (Å²) in [5.74, 6) is 1.67. The quantitative estimate of drug-likeness (QED) is 0.862. The molecule has 1 aromatic rings. The molecular weight excluding hydrogens is 225 g/mol. The zero-order valence-electron chi connectivity index (χ0n) is 9.28. The van der Waals surface area contributed by atoms with Gasteiger partial charge in [0.25, 0.3) is 0 Å². The molecule has 1 saturated heterocycles. The van der Waals surface area contributed by atoms with Crippen LogP contribution in [-0.2, 0) is 4.74 Å². The first-order chi connectivity index (χ1) is 7.68. The molecule has 2 N–H and O–H groups in total. The molecule has 1 aliphatic rings. The largest absolute Gasteiger partial charge is 0.375 e. The van der Waals surface area contributed by atoms with Crippen LogP contribution < -0.4 is 5.73 Å². The van der Waals surface area contributed by atoms with Crippen LogP contribution in [0.15, 0.2) is 18.2 Å². The topological polar surface area (TPSA) is 35.2 Å². The normalized spacial score (nSPS) is 23.1. The molecule has 1 fully saturated rings. The number of hydrogen-bond acceptors (Lipinski definition) is 3. The van der Waals surface area contributed by atoms with Gasteiger partial charge < -0.3 is 10.5 Å². The SMILES string of the molecule is Cc1ccc(F)cc1C(N)C1CSCCO1. The van der Waals surface area contributed by atoms with Gasteiger partial charge in [0.2, 0.25) is 0 Å². The molecule has 2 nitrogen and oxygen atoms in total. The predicted octanol–water partition coefficient (Wildman–Crippen LogP) is 2.27. The van der Waals surface area contributed by atoms with Gasteiger partial charge in [-0.25, -0.2) is 4.39 Å². The third kappa shape index (κ3) is 2.56. The van der Waals surface area contributed by atoms with E-state index >= 15 is 0 Å². The average molecular weight is 241 g/mol. The van der Waals surface area contributed by atoms with Crippen molar-refractivity contribution < 1.29 is 9.13 Å². The number of rotatable bonds is 2. The molecule has 88 valence electrons. The van der Waals surface area contributed by atoms with Gasteiger partial charge in [0, 0.05) is 11.5 Å². The minimum absolute atomic E-state index is 0.000694. The van der Waals surface area contributed by atoms with E-state index in [0.29, 0.717) is 0 Å². The number of ether oxygens (including phenoxy) is 1. The highest BCUT2D eigenvalue weighted by molar-refractivity contribution is 7.99. The lowest BCUT2D eigenvalue weighted by atomic mass is 9.98. The van der Waals surface area contributed by atoms with Crippen molar-refractivity contribution in [2.24, 2.45) is 5.73 Å². The molecule has 2 atom stereocenters. The summed E-state index contributed by atoms with van der Waals surface area (Å²) >= 11 is 1.84. The van der Waals surface area contributed by atoms with Gasteiger partial charge in [-0.1, -0.05) is 6.07 Å². The fourth-order valence-corrected chi connectivity index (χ4v) is 2.80. The minimum Gasteiger partial charge on any atom is -0.375 e. The number of aryl methyl sites for hydroxylation is 1. The zero-order valence-corrected chi connectivity index (χ0v) is 10.1. The van der Waals surface area contributed by atoms with Gasteiger partial charge in [-0.2, -0.15) is 11.8 Å². The van der Waals surface area contributed by atoms with Crippen LogP contribution in [0.2, 0.25) is 0 Å². The molecule has 0 saturated carbocycles. The molecule has 0 amide bonds. The monoisotopic (exact) mass is 241 g/mol. The third-order valence-electron chi connectivity index (χ3n) is 2.84. The van der Waals surface area contributed by atoms with E-state index in [2.05, 4.69) is 0 Å². The number of nitrogens with two attached hydrogens (primary N) is 1. The van der Waals surface area contributed by atoms with E-state index in [1.54, 1.807) is 6.07 Å². The molecule has 0 aliphatic carbocycles. The second kappa shape index (κ2) is 5.17. The molecule has 4 heteroatoms. The Labute approximate surface area is 99.4 Å². The Morgan fingerprint density at radius 3 is 3.06 bits per heavy atom. The number of benzene rings is 1. The molecule has 1 heterocycles. The van der Waals surface area contributed by atoms with Crippen LogP contribution in [0.3, 0.4) is 0 Å². The maximum atomic E-state index is 13.2. The molecule has 2 unspecified atom stereocenters. The van der Waals surface area contributed by atoms with Crippen molar-refractivity contribution in [3.05, 3.63) is 35.1 Å². The molecular formula is C12H16FNOS. The highest BCUT2D eigenvalue weighted by Gasteiger charge is 2.24. The van der Waals surface area contributed by atoms with Crippen molar-refractivity contribution in [1.82, 2.24) is 0 Å². The second-order valence-electron chi connectivity index (χ2n) is 4.01. The van der Waals surface area contributed by atoms with E-state index in [1.165, 1.54) is 12.1 Å². The summed E-state index contributed by atoms with van der Waals surface area (Å²) in [7, 11) is 0. The van der Waals surface area contributed by atoms with Gasteiger partial charge in [0.15, 0.2) is 0 Å². The standard InChI is InChI=1S/C12H16FNOS/c1-8-2-3-9(13)6-10(8)12(14)11-7-16-5-4-15-11/h2-3,6,11-12H,4-5,7,14H2,1H3. The molecule has 0 spiro atoms. The Kier molecular flexibility index (Phi) is 3.84. The maximum absolute atomic E-state index is 13.2. The molecule has 0 bridgehead atoms. The van der Waals surface area contributed by atoms with Crippen LogP contribution in [0.25, 0.3) is 0 Å². The third-order valence-corrected chi connectivity index (χ3v) is 3.86. The van der Waals surface area contributed by atoms with Crippen molar-refractivity contribution >= 4 is 11.8 Å². The van der Waals surface area contributed by atoms with Gasteiger partial charge in [-0.05, 0) is 30.2 Å². The van der Waals surface area contributed by atoms with E-state index in [-0.39, 0.29) is 18.0 Å². The summed E-state index contributed by atoms with van der Waals surface area (Å²) in [6.45, 7) is 2.68. The van der Waals surface area contributed by atoms with Crippen LogP contribution in [-0.4, -0.2) is 24.2 Å². The van der Waals surface area contributed by atoms with Crippen molar-refractivity contribution in [2.75, 3.05) is 18.1 Å². The van der Waals surface area contributed by atoms with Gasteiger partial charge in [-0.3, -0.25) is 0 Å².